The van der Waals surface area contributed by atoms with Crippen molar-refractivity contribution >= 4 is 17.5 Å². The van der Waals surface area contributed by atoms with Crippen molar-refractivity contribution in [1.82, 2.24) is 15.2 Å². The summed E-state index contributed by atoms with van der Waals surface area (Å²) in [5, 5.41) is 7.68. The Morgan fingerprint density at radius 1 is 1.36 bits per heavy atom. The highest BCUT2D eigenvalue weighted by Crippen LogP contribution is 2.38. The Kier molecular flexibility index (Phi) is 4.33. The number of hydrogen-bond donors (Lipinski definition) is 1. The van der Waals surface area contributed by atoms with E-state index in [2.05, 4.69) is 15.2 Å². The molecule has 1 fully saturated rings. The summed E-state index contributed by atoms with van der Waals surface area (Å²) in [6.07, 6.45) is 2.34. The molecule has 22 heavy (non-hydrogen) atoms. The van der Waals surface area contributed by atoms with Crippen LogP contribution < -0.4 is 9.47 Å². The molecule has 0 atom stereocenters. The Hall–Kier alpha value is -2.02. The van der Waals surface area contributed by atoms with Crippen molar-refractivity contribution in [3.05, 3.63) is 29.6 Å². The SMILES string of the molecule is COc1ccc(C(=O)CSc2n[nH]c(C3CC3)n2)c(OC)c1. The highest BCUT2D eigenvalue weighted by molar-refractivity contribution is 7.99. The number of rotatable bonds is 7. The number of thioether (sulfide) groups is 1. The fourth-order valence-corrected chi connectivity index (χ4v) is 2.79. The highest BCUT2D eigenvalue weighted by Gasteiger charge is 2.27. The molecule has 0 unspecified atom stereocenters. The molecule has 0 aliphatic heterocycles. The largest absolute Gasteiger partial charge is 0.497 e. The predicted octanol–water partition coefficient (Wildman–Crippen LogP) is 2.67. The number of carbonyl (C=O) groups excluding carboxylic acids is 1. The van der Waals surface area contributed by atoms with Gasteiger partial charge in [0.15, 0.2) is 5.78 Å². The van der Waals surface area contributed by atoms with Gasteiger partial charge in [-0.1, -0.05) is 11.8 Å². The van der Waals surface area contributed by atoms with E-state index >= 15 is 0 Å². The number of nitrogens with one attached hydrogen (secondary N) is 1. The number of ether oxygens (including phenoxy) is 2. The summed E-state index contributed by atoms with van der Waals surface area (Å²) in [6, 6.07) is 5.17. The minimum absolute atomic E-state index is 0.0257. The summed E-state index contributed by atoms with van der Waals surface area (Å²) in [5.41, 5.74) is 0.536. The number of Topliss-reactive ketones (excluding diaryl/α,β-unsaturated/α-hetero) is 1. The molecule has 1 aromatic carbocycles. The van der Waals surface area contributed by atoms with Gasteiger partial charge in [-0.2, -0.15) is 0 Å². The van der Waals surface area contributed by atoms with E-state index in [1.54, 1.807) is 25.3 Å². The van der Waals surface area contributed by atoms with Crippen molar-refractivity contribution in [2.24, 2.45) is 0 Å². The number of ketones is 1. The maximum atomic E-state index is 12.3. The van der Waals surface area contributed by atoms with E-state index in [4.69, 9.17) is 9.47 Å². The lowest BCUT2D eigenvalue weighted by Crippen LogP contribution is -2.05. The average molecular weight is 319 g/mol. The zero-order chi connectivity index (χ0) is 15.5. The van der Waals surface area contributed by atoms with Crippen LogP contribution in [0.1, 0.15) is 34.9 Å². The molecule has 3 rings (SSSR count). The number of H-pyrrole nitrogens is 1. The Morgan fingerprint density at radius 2 is 2.18 bits per heavy atom. The summed E-state index contributed by atoms with van der Waals surface area (Å²) >= 11 is 1.33. The first-order valence-corrected chi connectivity index (χ1v) is 8.00. The van der Waals surface area contributed by atoms with Crippen molar-refractivity contribution in [3.8, 4) is 11.5 Å². The van der Waals surface area contributed by atoms with Crippen LogP contribution in [0.5, 0.6) is 11.5 Å². The van der Waals surface area contributed by atoms with Gasteiger partial charge in [0, 0.05) is 12.0 Å². The molecule has 116 valence electrons. The van der Waals surface area contributed by atoms with Crippen LogP contribution in [-0.2, 0) is 0 Å². The number of nitrogens with zero attached hydrogens (tertiary/aromatic N) is 2. The molecule has 7 heteroatoms. The van der Waals surface area contributed by atoms with Gasteiger partial charge in [-0.15, -0.1) is 5.10 Å². The van der Waals surface area contributed by atoms with E-state index in [9.17, 15) is 4.79 Å². The van der Waals surface area contributed by atoms with Gasteiger partial charge >= 0.3 is 0 Å². The van der Waals surface area contributed by atoms with E-state index in [0.717, 1.165) is 5.82 Å². The molecular formula is C15H17N3O3S. The second kappa shape index (κ2) is 6.39. The molecular weight excluding hydrogens is 302 g/mol. The van der Waals surface area contributed by atoms with Crippen molar-refractivity contribution in [2.45, 2.75) is 23.9 Å². The minimum atomic E-state index is -0.0257. The predicted molar refractivity (Wildman–Crippen MR) is 83.0 cm³/mol. The van der Waals surface area contributed by atoms with Crippen LogP contribution in [0.25, 0.3) is 0 Å². The molecule has 1 N–H and O–H groups in total. The summed E-state index contributed by atoms with van der Waals surface area (Å²) < 4.78 is 10.4. The summed E-state index contributed by atoms with van der Waals surface area (Å²) in [7, 11) is 3.11. The van der Waals surface area contributed by atoms with Gasteiger partial charge in [0.05, 0.1) is 25.5 Å². The normalized spacial score (nSPS) is 13.9. The Balaban J connectivity index is 1.65. The third-order valence-corrected chi connectivity index (χ3v) is 4.34. The van der Waals surface area contributed by atoms with Crippen LogP contribution in [0.4, 0.5) is 0 Å². The first kappa shape index (κ1) is 14.9. The third kappa shape index (κ3) is 3.24. The van der Waals surface area contributed by atoms with Gasteiger partial charge in [0.25, 0.3) is 0 Å². The smallest absolute Gasteiger partial charge is 0.208 e. The quantitative estimate of drug-likeness (QED) is 0.624. The van der Waals surface area contributed by atoms with Crippen LogP contribution >= 0.6 is 11.8 Å². The minimum Gasteiger partial charge on any atom is -0.497 e. The van der Waals surface area contributed by atoms with E-state index in [1.807, 2.05) is 0 Å². The Labute approximate surface area is 132 Å². The highest BCUT2D eigenvalue weighted by atomic mass is 32.2. The maximum absolute atomic E-state index is 12.3. The van der Waals surface area contributed by atoms with Gasteiger partial charge in [-0.3, -0.25) is 9.89 Å². The van der Waals surface area contributed by atoms with Crippen LogP contribution in [0.15, 0.2) is 23.4 Å². The number of hydrogen-bond acceptors (Lipinski definition) is 6. The second-order valence-corrected chi connectivity index (χ2v) is 6.00. The molecule has 0 saturated heterocycles. The van der Waals surface area contributed by atoms with Crippen LogP contribution in [0, 0.1) is 0 Å². The summed E-state index contributed by atoms with van der Waals surface area (Å²) in [5.74, 6) is 2.87. The van der Waals surface area contributed by atoms with Crippen LogP contribution in [0.3, 0.4) is 0 Å². The maximum Gasteiger partial charge on any atom is 0.208 e. The lowest BCUT2D eigenvalue weighted by molar-refractivity contribution is 0.101. The summed E-state index contributed by atoms with van der Waals surface area (Å²) in [6.45, 7) is 0. The Bertz CT molecular complexity index is 682. The number of methoxy groups -OCH3 is 2. The molecule has 2 aromatic rings. The second-order valence-electron chi connectivity index (χ2n) is 5.06. The van der Waals surface area contributed by atoms with Gasteiger partial charge in [-0.25, -0.2) is 4.98 Å². The number of aromatic nitrogens is 3. The lowest BCUT2D eigenvalue weighted by atomic mass is 10.1. The molecule has 0 bridgehead atoms. The van der Waals surface area contributed by atoms with Crippen molar-refractivity contribution < 1.29 is 14.3 Å². The van der Waals surface area contributed by atoms with Crippen molar-refractivity contribution in [1.29, 1.82) is 0 Å². The van der Waals surface area contributed by atoms with Crippen molar-refractivity contribution in [2.75, 3.05) is 20.0 Å². The van der Waals surface area contributed by atoms with Crippen LogP contribution in [0.2, 0.25) is 0 Å². The van der Waals surface area contributed by atoms with E-state index < -0.39 is 0 Å². The van der Waals surface area contributed by atoms with Gasteiger partial charge < -0.3 is 9.47 Å². The number of benzene rings is 1. The third-order valence-electron chi connectivity index (χ3n) is 3.49. The first-order valence-electron chi connectivity index (χ1n) is 7.01. The van der Waals surface area contributed by atoms with E-state index in [1.165, 1.54) is 31.7 Å². The molecule has 1 aliphatic rings. The molecule has 0 radical (unpaired) electrons. The topological polar surface area (TPSA) is 77.1 Å². The van der Waals surface area contributed by atoms with Gasteiger partial charge in [0.1, 0.15) is 17.3 Å². The molecule has 1 heterocycles. The standard InChI is InChI=1S/C15H17N3O3S/c1-20-10-5-6-11(13(7-10)21-2)12(19)8-22-15-16-14(17-18-15)9-3-4-9/h5-7,9H,3-4,8H2,1-2H3,(H,16,17,18). The van der Waals surface area contributed by atoms with Crippen LogP contribution in [-0.4, -0.2) is 40.9 Å². The molecule has 1 aliphatic carbocycles. The Morgan fingerprint density at radius 3 is 2.86 bits per heavy atom. The van der Waals surface area contributed by atoms with Gasteiger partial charge in [-0.05, 0) is 25.0 Å². The molecule has 1 aromatic heterocycles. The lowest BCUT2D eigenvalue weighted by Gasteiger charge is -2.08. The molecule has 0 spiro atoms. The average Bonchev–Trinajstić information content (AvgIpc) is 3.30. The zero-order valence-electron chi connectivity index (χ0n) is 12.5. The zero-order valence-corrected chi connectivity index (χ0v) is 13.3. The number of aromatic amines is 1. The first-order chi connectivity index (χ1) is 10.7. The fourth-order valence-electron chi connectivity index (χ4n) is 2.10. The van der Waals surface area contributed by atoms with Crippen molar-refractivity contribution in [3.63, 3.8) is 0 Å². The molecule has 6 nitrogen and oxygen atoms in total. The van der Waals surface area contributed by atoms with E-state index in [0.29, 0.717) is 28.1 Å². The van der Waals surface area contributed by atoms with Gasteiger partial charge in [0.2, 0.25) is 5.16 Å². The monoisotopic (exact) mass is 319 g/mol. The summed E-state index contributed by atoms with van der Waals surface area (Å²) in [4.78, 5) is 16.7. The molecule has 0 amide bonds. The molecule has 1 saturated carbocycles. The fraction of sp³-hybridized carbons (Fsp3) is 0.400. The van der Waals surface area contributed by atoms with E-state index in [-0.39, 0.29) is 11.5 Å². The number of carbonyl (C=O) groups is 1.